The van der Waals surface area contributed by atoms with Crippen LogP contribution in [0.3, 0.4) is 0 Å². The standard InChI is InChI=1S/C24H25F6NO3.ClH/c1-16(32)34-21(17-11-19(23(25,26)27)13-20(12-17)24(28,29)30)14-33-15-22(7-9-31-10-8-22)18-5-3-2-4-6-18;/h2-6,11-13,21,31H,7-10,14-15H2,1H3;1H. The van der Waals surface area contributed by atoms with Gasteiger partial charge in [-0.2, -0.15) is 26.3 Å². The highest BCUT2D eigenvalue weighted by Crippen LogP contribution is 2.39. The van der Waals surface area contributed by atoms with Gasteiger partial charge in [-0.05, 0) is 55.3 Å². The first-order chi connectivity index (χ1) is 15.9. The first-order valence-corrected chi connectivity index (χ1v) is 10.7. The third kappa shape index (κ3) is 7.59. The van der Waals surface area contributed by atoms with Crippen LogP contribution in [0.4, 0.5) is 26.3 Å². The van der Waals surface area contributed by atoms with Crippen LogP contribution in [0, 0.1) is 0 Å². The molecule has 2 aromatic carbocycles. The van der Waals surface area contributed by atoms with Gasteiger partial charge >= 0.3 is 18.3 Å². The summed E-state index contributed by atoms with van der Waals surface area (Å²) in [6.07, 6.45) is -9.99. The zero-order valence-electron chi connectivity index (χ0n) is 18.8. The number of esters is 1. The maximum Gasteiger partial charge on any atom is 0.416 e. The van der Waals surface area contributed by atoms with Crippen molar-refractivity contribution < 1.29 is 40.6 Å². The number of halogens is 7. The van der Waals surface area contributed by atoms with Crippen molar-refractivity contribution in [3.05, 3.63) is 70.8 Å². The Hall–Kier alpha value is -2.30. The van der Waals surface area contributed by atoms with Crippen molar-refractivity contribution in [2.24, 2.45) is 0 Å². The number of carbonyl (C=O) groups excluding carboxylic acids is 1. The van der Waals surface area contributed by atoms with E-state index in [1.54, 1.807) is 0 Å². The van der Waals surface area contributed by atoms with E-state index in [4.69, 9.17) is 9.47 Å². The third-order valence-electron chi connectivity index (χ3n) is 5.88. The van der Waals surface area contributed by atoms with Crippen molar-refractivity contribution in [3.8, 4) is 0 Å². The van der Waals surface area contributed by atoms with Gasteiger partial charge in [0.15, 0.2) is 6.10 Å². The summed E-state index contributed by atoms with van der Waals surface area (Å²) in [7, 11) is 0. The normalized spacial score (nSPS) is 16.8. The summed E-state index contributed by atoms with van der Waals surface area (Å²) in [5, 5.41) is 3.26. The van der Waals surface area contributed by atoms with Crippen LogP contribution in [0.15, 0.2) is 48.5 Å². The molecule has 0 radical (unpaired) electrons. The first-order valence-electron chi connectivity index (χ1n) is 10.7. The molecular weight excluding hydrogens is 500 g/mol. The number of hydrogen-bond acceptors (Lipinski definition) is 4. The van der Waals surface area contributed by atoms with E-state index in [1.165, 1.54) is 0 Å². The lowest BCUT2D eigenvalue weighted by atomic mass is 9.74. The molecule has 0 spiro atoms. The van der Waals surface area contributed by atoms with Crippen LogP contribution >= 0.6 is 12.4 Å². The van der Waals surface area contributed by atoms with E-state index in [0.717, 1.165) is 38.4 Å². The van der Waals surface area contributed by atoms with Gasteiger partial charge in [0.1, 0.15) is 0 Å². The summed E-state index contributed by atoms with van der Waals surface area (Å²) in [5.41, 5.74) is -2.74. The Balaban J connectivity index is 0.00000432. The van der Waals surface area contributed by atoms with Crippen molar-refractivity contribution in [1.29, 1.82) is 0 Å². The summed E-state index contributed by atoms with van der Waals surface area (Å²) in [6, 6.07) is 10.7. The van der Waals surface area contributed by atoms with Gasteiger partial charge in [0.25, 0.3) is 0 Å². The van der Waals surface area contributed by atoms with Gasteiger partial charge in [-0.3, -0.25) is 4.79 Å². The highest BCUT2D eigenvalue weighted by molar-refractivity contribution is 5.85. The molecule has 0 amide bonds. The molecule has 1 fully saturated rings. The Morgan fingerprint density at radius 2 is 1.51 bits per heavy atom. The first kappa shape index (κ1) is 28.9. The van der Waals surface area contributed by atoms with Crippen LogP contribution in [0.1, 0.15) is 48.1 Å². The van der Waals surface area contributed by atoms with Gasteiger partial charge in [0.05, 0.1) is 24.3 Å². The molecule has 4 nitrogen and oxygen atoms in total. The molecule has 2 aromatic rings. The molecule has 1 heterocycles. The molecule has 1 saturated heterocycles. The Morgan fingerprint density at radius 3 is 2.00 bits per heavy atom. The van der Waals surface area contributed by atoms with E-state index in [2.05, 4.69) is 5.32 Å². The number of carbonyl (C=O) groups is 1. The summed E-state index contributed by atoms with van der Waals surface area (Å²) in [5.74, 6) is -0.848. The molecule has 1 aliphatic rings. The van der Waals surface area contributed by atoms with Gasteiger partial charge in [0.2, 0.25) is 0 Å². The minimum atomic E-state index is -5.01. The lowest BCUT2D eigenvalue weighted by Crippen LogP contribution is -2.43. The van der Waals surface area contributed by atoms with Crippen molar-refractivity contribution in [3.63, 3.8) is 0 Å². The molecule has 0 bridgehead atoms. The van der Waals surface area contributed by atoms with Crippen molar-refractivity contribution in [2.45, 2.75) is 43.6 Å². The fourth-order valence-electron chi connectivity index (χ4n) is 4.14. The maximum atomic E-state index is 13.3. The number of rotatable bonds is 7. The third-order valence-corrected chi connectivity index (χ3v) is 5.88. The second kappa shape index (κ2) is 11.6. The maximum absolute atomic E-state index is 13.3. The predicted octanol–water partition coefficient (Wildman–Crippen LogP) is 6.09. The zero-order chi connectivity index (χ0) is 25.0. The van der Waals surface area contributed by atoms with E-state index < -0.39 is 41.1 Å². The number of nitrogens with one attached hydrogen (secondary N) is 1. The van der Waals surface area contributed by atoms with Crippen LogP contribution in [-0.4, -0.2) is 32.3 Å². The second-order valence-electron chi connectivity index (χ2n) is 8.35. The molecule has 1 atom stereocenters. The van der Waals surface area contributed by atoms with Crippen LogP contribution in [-0.2, 0) is 32.0 Å². The van der Waals surface area contributed by atoms with Crippen molar-refractivity contribution in [2.75, 3.05) is 26.3 Å². The molecule has 0 saturated carbocycles. The molecule has 35 heavy (non-hydrogen) atoms. The summed E-state index contributed by atoms with van der Waals surface area (Å²) in [6.45, 7) is 2.27. The number of ether oxygens (including phenoxy) is 2. The minimum Gasteiger partial charge on any atom is -0.455 e. The van der Waals surface area contributed by atoms with E-state index in [-0.39, 0.29) is 37.1 Å². The van der Waals surface area contributed by atoms with E-state index in [1.807, 2.05) is 30.3 Å². The lowest BCUT2D eigenvalue weighted by molar-refractivity contribution is -0.150. The van der Waals surface area contributed by atoms with E-state index in [9.17, 15) is 31.1 Å². The quantitative estimate of drug-likeness (QED) is 0.351. The smallest absolute Gasteiger partial charge is 0.416 e. The average Bonchev–Trinajstić information content (AvgIpc) is 2.78. The summed E-state index contributed by atoms with van der Waals surface area (Å²) in [4.78, 5) is 11.6. The van der Waals surface area contributed by atoms with Gasteiger partial charge in [-0.25, -0.2) is 0 Å². The molecule has 1 aliphatic heterocycles. The lowest BCUT2D eigenvalue weighted by Gasteiger charge is -2.38. The fraction of sp³-hybridized carbons (Fsp3) is 0.458. The summed E-state index contributed by atoms with van der Waals surface area (Å²) < 4.78 is 90.6. The van der Waals surface area contributed by atoms with Gasteiger partial charge < -0.3 is 14.8 Å². The van der Waals surface area contributed by atoms with E-state index in [0.29, 0.717) is 12.1 Å². The largest absolute Gasteiger partial charge is 0.455 e. The highest BCUT2D eigenvalue weighted by atomic mass is 35.5. The molecule has 0 aliphatic carbocycles. The van der Waals surface area contributed by atoms with Gasteiger partial charge in [-0.15, -0.1) is 12.4 Å². The SMILES string of the molecule is CC(=O)OC(COCC1(c2ccccc2)CCNCC1)c1cc(C(F)(F)F)cc(C(F)(F)F)c1.Cl. The zero-order valence-corrected chi connectivity index (χ0v) is 19.7. The number of alkyl halides is 6. The van der Waals surface area contributed by atoms with Crippen LogP contribution in [0.2, 0.25) is 0 Å². The molecule has 0 aromatic heterocycles. The Kier molecular flexibility index (Phi) is 9.61. The second-order valence-corrected chi connectivity index (χ2v) is 8.35. The Morgan fingerprint density at radius 1 is 0.971 bits per heavy atom. The molecule has 3 rings (SSSR count). The topological polar surface area (TPSA) is 47.6 Å². The molecule has 194 valence electrons. The van der Waals surface area contributed by atoms with Crippen LogP contribution in [0.25, 0.3) is 0 Å². The Bertz CT molecular complexity index is 943. The average molecular weight is 526 g/mol. The van der Waals surface area contributed by atoms with Crippen LogP contribution < -0.4 is 5.32 Å². The van der Waals surface area contributed by atoms with Gasteiger partial charge in [0, 0.05) is 12.3 Å². The van der Waals surface area contributed by atoms with Crippen molar-refractivity contribution >= 4 is 18.4 Å². The molecule has 1 unspecified atom stereocenters. The van der Waals surface area contributed by atoms with Crippen LogP contribution in [0.5, 0.6) is 0 Å². The molecule has 11 heteroatoms. The van der Waals surface area contributed by atoms with Gasteiger partial charge in [-0.1, -0.05) is 30.3 Å². The number of hydrogen-bond donors (Lipinski definition) is 1. The fourth-order valence-corrected chi connectivity index (χ4v) is 4.14. The van der Waals surface area contributed by atoms with Crippen molar-refractivity contribution in [1.82, 2.24) is 5.32 Å². The van der Waals surface area contributed by atoms with E-state index >= 15 is 0 Å². The summed E-state index contributed by atoms with van der Waals surface area (Å²) >= 11 is 0. The monoisotopic (exact) mass is 525 g/mol. The molecule has 1 N–H and O–H groups in total. The minimum absolute atomic E-state index is 0. The highest BCUT2D eigenvalue weighted by Gasteiger charge is 2.38. The predicted molar refractivity (Wildman–Crippen MR) is 119 cm³/mol. The molecular formula is C24H26ClF6NO3. The number of piperidine rings is 1. The number of benzene rings is 2. The Labute approximate surface area is 205 Å².